The summed E-state index contributed by atoms with van der Waals surface area (Å²) >= 11 is 0. The lowest BCUT2D eigenvalue weighted by Gasteiger charge is -2.34. The van der Waals surface area contributed by atoms with Crippen LogP contribution >= 0.6 is 0 Å². The number of imidazole rings is 1. The minimum atomic E-state index is -2.60. The lowest BCUT2D eigenvalue weighted by Crippen LogP contribution is -2.39. The summed E-state index contributed by atoms with van der Waals surface area (Å²) in [6.07, 6.45) is 5.30. The van der Waals surface area contributed by atoms with Gasteiger partial charge in [-0.1, -0.05) is 6.92 Å². The Bertz CT molecular complexity index is 1290. The maximum absolute atomic E-state index is 14.3. The molecule has 184 valence electrons. The molecule has 0 N–H and O–H groups in total. The van der Waals surface area contributed by atoms with Crippen LogP contribution in [0, 0.1) is 0 Å². The van der Waals surface area contributed by atoms with Gasteiger partial charge in [-0.05, 0) is 48.9 Å². The van der Waals surface area contributed by atoms with Crippen molar-refractivity contribution >= 4 is 17.4 Å². The molecule has 0 unspecified atom stereocenters. The fourth-order valence-corrected chi connectivity index (χ4v) is 5.54. The molecule has 1 fully saturated rings. The van der Waals surface area contributed by atoms with E-state index in [4.69, 9.17) is 4.98 Å². The second-order valence-corrected chi connectivity index (χ2v) is 9.86. The van der Waals surface area contributed by atoms with Crippen molar-refractivity contribution in [3.8, 4) is 11.1 Å². The smallest absolute Gasteiger partial charge is 0.264 e. The van der Waals surface area contributed by atoms with Crippen molar-refractivity contribution < 1.29 is 13.6 Å². The average Bonchev–Trinajstić information content (AvgIpc) is 3.51. The number of fused-ring (bicyclic) bond motifs is 2. The fraction of sp³-hybridized carbons (Fsp3) is 0.500. The molecule has 0 bridgehead atoms. The SMILES string of the molecule is CCC(=O)N1CCn2c(C3CC3)nc(N3CCCc4cc(-c5cnn(C)c5)c(C(F)F)cc43)c2C1. The Kier molecular flexibility index (Phi) is 5.38. The van der Waals surface area contributed by atoms with Crippen molar-refractivity contribution in [1.29, 1.82) is 0 Å². The van der Waals surface area contributed by atoms with Gasteiger partial charge in [0.2, 0.25) is 5.91 Å². The second-order valence-electron chi connectivity index (χ2n) is 9.86. The normalized spacial score (nSPS) is 17.6. The molecule has 0 radical (unpaired) electrons. The number of carbonyl (C=O) groups excluding carboxylic acids is 1. The predicted octanol–water partition coefficient (Wildman–Crippen LogP) is 4.94. The van der Waals surface area contributed by atoms with E-state index >= 15 is 0 Å². The van der Waals surface area contributed by atoms with Crippen molar-refractivity contribution in [3.05, 3.63) is 47.2 Å². The highest BCUT2D eigenvalue weighted by Gasteiger charge is 2.36. The Labute approximate surface area is 203 Å². The molecule has 2 aliphatic heterocycles. The highest BCUT2D eigenvalue weighted by atomic mass is 19.3. The maximum Gasteiger partial charge on any atom is 0.264 e. The lowest BCUT2D eigenvalue weighted by molar-refractivity contribution is -0.132. The number of amides is 1. The minimum absolute atomic E-state index is 0.0157. The highest BCUT2D eigenvalue weighted by molar-refractivity contribution is 5.78. The third-order valence-electron chi connectivity index (χ3n) is 7.49. The summed E-state index contributed by atoms with van der Waals surface area (Å²) in [5, 5.41) is 4.19. The third-order valence-corrected chi connectivity index (χ3v) is 7.49. The first-order valence-electron chi connectivity index (χ1n) is 12.5. The van der Waals surface area contributed by atoms with Gasteiger partial charge in [0.25, 0.3) is 6.43 Å². The van der Waals surface area contributed by atoms with Crippen molar-refractivity contribution in [3.63, 3.8) is 0 Å². The molecular weight excluding hydrogens is 450 g/mol. The molecule has 4 heterocycles. The predicted molar refractivity (Wildman–Crippen MR) is 129 cm³/mol. The summed E-state index contributed by atoms with van der Waals surface area (Å²) in [4.78, 5) is 21.6. The van der Waals surface area contributed by atoms with Crippen LogP contribution in [-0.4, -0.2) is 43.2 Å². The molecule has 3 aromatic rings. The van der Waals surface area contributed by atoms with Crippen LogP contribution < -0.4 is 4.90 Å². The molecule has 35 heavy (non-hydrogen) atoms. The Balaban J connectivity index is 1.46. The van der Waals surface area contributed by atoms with Gasteiger partial charge in [-0.3, -0.25) is 9.48 Å². The summed E-state index contributed by atoms with van der Waals surface area (Å²) in [6.45, 7) is 4.55. The standard InChI is InChI=1S/C26H30F2N6O/c1-3-23(35)32-9-10-34-22(15-32)26(30-25(34)16-6-7-16)33-8-4-5-17-11-19(18-13-29-31(2)14-18)20(24(27)28)12-21(17)33/h11-14,16,24H,3-10,15H2,1-2H3. The van der Waals surface area contributed by atoms with E-state index in [2.05, 4.69) is 14.6 Å². The quantitative estimate of drug-likeness (QED) is 0.519. The van der Waals surface area contributed by atoms with E-state index in [1.54, 1.807) is 30.2 Å². The van der Waals surface area contributed by atoms with Gasteiger partial charge >= 0.3 is 0 Å². The van der Waals surface area contributed by atoms with Crippen LogP contribution in [0.4, 0.5) is 20.3 Å². The Hall–Kier alpha value is -3.23. The number of nitrogens with zero attached hydrogens (tertiary/aromatic N) is 6. The van der Waals surface area contributed by atoms with Crippen molar-refractivity contribution in [2.45, 2.75) is 64.5 Å². The van der Waals surface area contributed by atoms with Crippen molar-refractivity contribution in [1.82, 2.24) is 24.2 Å². The molecule has 6 rings (SSSR count). The monoisotopic (exact) mass is 480 g/mol. The number of benzene rings is 1. The van der Waals surface area contributed by atoms with E-state index in [0.29, 0.717) is 36.6 Å². The van der Waals surface area contributed by atoms with Gasteiger partial charge in [0.1, 0.15) is 5.82 Å². The van der Waals surface area contributed by atoms with E-state index < -0.39 is 6.43 Å². The van der Waals surface area contributed by atoms with Crippen molar-refractivity contribution in [2.75, 3.05) is 18.0 Å². The first-order chi connectivity index (χ1) is 16.9. The molecular formula is C26H30F2N6O. The zero-order valence-electron chi connectivity index (χ0n) is 20.2. The van der Waals surface area contributed by atoms with E-state index in [1.807, 2.05) is 17.9 Å². The van der Waals surface area contributed by atoms with E-state index in [0.717, 1.165) is 67.4 Å². The summed E-state index contributed by atoms with van der Waals surface area (Å²) in [5.74, 6) is 2.52. The Morgan fingerprint density at radius 3 is 2.71 bits per heavy atom. The van der Waals surface area contributed by atoms with E-state index in [9.17, 15) is 13.6 Å². The van der Waals surface area contributed by atoms with E-state index in [1.165, 1.54) is 0 Å². The molecule has 0 spiro atoms. The summed E-state index contributed by atoms with van der Waals surface area (Å²) in [6, 6.07) is 3.57. The number of anilines is 2. The lowest BCUT2D eigenvalue weighted by atomic mass is 9.93. The molecule has 2 aromatic heterocycles. The van der Waals surface area contributed by atoms with E-state index in [-0.39, 0.29) is 11.5 Å². The summed E-state index contributed by atoms with van der Waals surface area (Å²) < 4.78 is 32.5. The Morgan fingerprint density at radius 1 is 1.20 bits per heavy atom. The zero-order chi connectivity index (χ0) is 24.3. The third kappa shape index (κ3) is 3.81. The van der Waals surface area contributed by atoms with Gasteiger partial charge in [0.05, 0.1) is 18.4 Å². The average molecular weight is 481 g/mol. The second kappa shape index (κ2) is 8.46. The van der Waals surface area contributed by atoms with Crippen LogP contribution in [0.5, 0.6) is 0 Å². The molecule has 9 heteroatoms. The number of aromatic nitrogens is 4. The number of alkyl halides is 2. The van der Waals surface area contributed by atoms with Gasteiger partial charge < -0.3 is 14.4 Å². The molecule has 3 aliphatic rings. The summed E-state index contributed by atoms with van der Waals surface area (Å²) in [5.41, 5.74) is 4.14. The van der Waals surface area contributed by atoms with Crippen LogP contribution in [0.1, 0.15) is 67.6 Å². The largest absolute Gasteiger partial charge is 0.335 e. The van der Waals surface area contributed by atoms with Crippen LogP contribution in [0.3, 0.4) is 0 Å². The molecule has 1 aliphatic carbocycles. The topological polar surface area (TPSA) is 59.2 Å². The van der Waals surface area contributed by atoms with Gasteiger partial charge in [0.15, 0.2) is 5.82 Å². The Morgan fingerprint density at radius 2 is 2.03 bits per heavy atom. The first kappa shape index (κ1) is 22.2. The zero-order valence-corrected chi connectivity index (χ0v) is 20.2. The summed E-state index contributed by atoms with van der Waals surface area (Å²) in [7, 11) is 1.79. The molecule has 1 saturated carbocycles. The molecule has 0 atom stereocenters. The van der Waals surface area contributed by atoms with Crippen LogP contribution in [0.25, 0.3) is 11.1 Å². The minimum Gasteiger partial charge on any atom is -0.335 e. The number of rotatable bonds is 5. The maximum atomic E-state index is 14.3. The molecule has 7 nitrogen and oxygen atoms in total. The van der Waals surface area contributed by atoms with Gasteiger partial charge in [-0.15, -0.1) is 0 Å². The molecule has 1 aromatic carbocycles. The fourth-order valence-electron chi connectivity index (χ4n) is 5.54. The number of hydrogen-bond donors (Lipinski definition) is 0. The van der Waals surface area contributed by atoms with Gasteiger partial charge in [-0.2, -0.15) is 5.10 Å². The first-order valence-corrected chi connectivity index (χ1v) is 12.5. The highest BCUT2D eigenvalue weighted by Crippen LogP contribution is 2.46. The number of halogens is 2. The number of carbonyl (C=O) groups is 1. The van der Waals surface area contributed by atoms with Crippen LogP contribution in [0.15, 0.2) is 24.5 Å². The van der Waals surface area contributed by atoms with Crippen LogP contribution in [-0.2, 0) is 31.4 Å². The van der Waals surface area contributed by atoms with Gasteiger partial charge in [-0.25, -0.2) is 13.8 Å². The van der Waals surface area contributed by atoms with Crippen molar-refractivity contribution in [2.24, 2.45) is 7.05 Å². The van der Waals surface area contributed by atoms with Crippen LogP contribution in [0.2, 0.25) is 0 Å². The molecule has 1 amide bonds. The van der Waals surface area contributed by atoms with Gasteiger partial charge in [0, 0.05) is 62.0 Å². The molecule has 0 saturated heterocycles. The number of hydrogen-bond acceptors (Lipinski definition) is 4. The number of aryl methyl sites for hydroxylation is 2.